The van der Waals surface area contributed by atoms with Gasteiger partial charge in [-0.3, -0.25) is 0 Å². The molecule has 1 aromatic carbocycles. The van der Waals surface area contributed by atoms with Gasteiger partial charge in [-0.25, -0.2) is 0 Å². The van der Waals surface area contributed by atoms with E-state index in [-0.39, 0.29) is 0 Å². The van der Waals surface area contributed by atoms with Crippen LogP contribution in [-0.2, 0) is 10.7 Å². The lowest BCUT2D eigenvalue weighted by Gasteiger charge is -2.27. The highest BCUT2D eigenvalue weighted by atomic mass is 79.9. The summed E-state index contributed by atoms with van der Waals surface area (Å²) in [6, 6.07) is 10.5. The van der Waals surface area contributed by atoms with Gasteiger partial charge < -0.3 is 0 Å². The van der Waals surface area contributed by atoms with E-state index in [0.717, 1.165) is 24.8 Å². The van der Waals surface area contributed by atoms with Gasteiger partial charge in [0.2, 0.25) is 0 Å². The van der Waals surface area contributed by atoms with Crippen LogP contribution >= 0.6 is 15.9 Å². The number of nitriles is 1. The molecule has 0 fully saturated rings. The Morgan fingerprint density at radius 2 is 2.15 bits per heavy atom. The number of hydrogen-bond donors (Lipinski definition) is 0. The highest BCUT2D eigenvalue weighted by molar-refractivity contribution is 9.09. The smallest absolute Gasteiger partial charge is 0.137 e. The largest absolute Gasteiger partial charge is 0.196 e. The summed E-state index contributed by atoms with van der Waals surface area (Å²) in [5.41, 5.74) is 2.47. The number of hydrogen-bond acceptors (Lipinski definition) is 1. The number of nitrogens with zero attached hydrogens (tertiary/aromatic N) is 1. The molecule has 2 heteroatoms. The third-order valence-corrected chi connectivity index (χ3v) is 3.59. The summed E-state index contributed by atoms with van der Waals surface area (Å²) in [6.45, 7) is 0. The van der Waals surface area contributed by atoms with Crippen LogP contribution in [0.5, 0.6) is 0 Å². The fourth-order valence-corrected chi connectivity index (χ4v) is 2.57. The summed E-state index contributed by atoms with van der Waals surface area (Å²) < 4.78 is -0.429. The zero-order valence-corrected chi connectivity index (χ0v) is 8.84. The Kier molecular flexibility index (Phi) is 2.13. The van der Waals surface area contributed by atoms with Crippen LogP contribution in [0.2, 0.25) is 0 Å². The first kappa shape index (κ1) is 8.77. The molecule has 0 radical (unpaired) electrons. The van der Waals surface area contributed by atoms with Crippen molar-refractivity contribution in [2.24, 2.45) is 0 Å². The molecule has 1 aliphatic carbocycles. The second-order valence-corrected chi connectivity index (χ2v) is 4.78. The highest BCUT2D eigenvalue weighted by Crippen LogP contribution is 2.41. The second kappa shape index (κ2) is 3.16. The van der Waals surface area contributed by atoms with Crippen LogP contribution in [-0.4, -0.2) is 0 Å². The minimum absolute atomic E-state index is 0.429. The predicted octanol–water partition coefficient (Wildman–Crippen LogP) is 3.14. The molecule has 0 bridgehead atoms. The van der Waals surface area contributed by atoms with E-state index in [2.05, 4.69) is 28.1 Å². The quantitative estimate of drug-likeness (QED) is 0.635. The zero-order valence-electron chi connectivity index (χ0n) is 7.26. The molecule has 1 nitrogen and oxygen atoms in total. The average molecular weight is 236 g/mol. The van der Waals surface area contributed by atoms with Crippen molar-refractivity contribution in [2.45, 2.75) is 23.6 Å². The van der Waals surface area contributed by atoms with Gasteiger partial charge in [0.1, 0.15) is 4.32 Å². The van der Waals surface area contributed by atoms with Crippen LogP contribution in [0.25, 0.3) is 0 Å². The Labute approximate surface area is 86.5 Å². The number of rotatable bonds is 0. The van der Waals surface area contributed by atoms with E-state index in [1.54, 1.807) is 0 Å². The lowest BCUT2D eigenvalue weighted by atomic mass is 9.83. The topological polar surface area (TPSA) is 23.8 Å². The molecular weight excluding hydrogens is 226 g/mol. The first-order chi connectivity index (χ1) is 6.26. The normalized spacial score (nSPS) is 26.2. The molecule has 0 heterocycles. The van der Waals surface area contributed by atoms with Gasteiger partial charge in [-0.15, -0.1) is 0 Å². The lowest BCUT2D eigenvalue weighted by molar-refractivity contribution is 0.607. The van der Waals surface area contributed by atoms with E-state index in [4.69, 9.17) is 5.26 Å². The Hall–Kier alpha value is -0.810. The summed E-state index contributed by atoms with van der Waals surface area (Å²) in [5.74, 6) is 0. The molecule has 1 aromatic rings. The molecule has 66 valence electrons. The number of aryl methyl sites for hydroxylation is 1. The van der Waals surface area contributed by atoms with Crippen LogP contribution in [0, 0.1) is 11.3 Å². The maximum absolute atomic E-state index is 9.10. The Morgan fingerprint density at radius 1 is 1.38 bits per heavy atom. The van der Waals surface area contributed by atoms with Crippen molar-refractivity contribution in [1.82, 2.24) is 0 Å². The molecule has 2 rings (SSSR count). The Morgan fingerprint density at radius 3 is 2.92 bits per heavy atom. The first-order valence-electron chi connectivity index (χ1n) is 4.45. The van der Waals surface area contributed by atoms with Crippen LogP contribution < -0.4 is 0 Å². The van der Waals surface area contributed by atoms with Crippen LogP contribution in [0.1, 0.15) is 24.0 Å². The molecule has 1 atom stereocenters. The SMILES string of the molecule is N#CC1(Br)CCCc2ccccc21. The van der Waals surface area contributed by atoms with Crippen molar-refractivity contribution in [3.05, 3.63) is 35.4 Å². The molecule has 0 saturated heterocycles. The molecule has 1 aliphatic rings. The van der Waals surface area contributed by atoms with Crippen molar-refractivity contribution in [2.75, 3.05) is 0 Å². The van der Waals surface area contributed by atoms with E-state index in [9.17, 15) is 0 Å². The number of benzene rings is 1. The average Bonchev–Trinajstić information content (AvgIpc) is 2.19. The number of alkyl halides is 1. The van der Waals surface area contributed by atoms with Crippen molar-refractivity contribution >= 4 is 15.9 Å². The van der Waals surface area contributed by atoms with Crippen molar-refractivity contribution < 1.29 is 0 Å². The van der Waals surface area contributed by atoms with E-state index in [1.807, 2.05) is 18.2 Å². The molecule has 13 heavy (non-hydrogen) atoms. The van der Waals surface area contributed by atoms with Gasteiger partial charge in [0, 0.05) is 0 Å². The molecule has 0 N–H and O–H groups in total. The number of halogens is 1. The van der Waals surface area contributed by atoms with Gasteiger partial charge >= 0.3 is 0 Å². The van der Waals surface area contributed by atoms with Gasteiger partial charge in [0.05, 0.1) is 6.07 Å². The van der Waals surface area contributed by atoms with E-state index in [1.165, 1.54) is 5.56 Å². The van der Waals surface area contributed by atoms with Gasteiger partial charge in [-0.1, -0.05) is 40.2 Å². The minimum atomic E-state index is -0.429. The van der Waals surface area contributed by atoms with Gasteiger partial charge in [0.25, 0.3) is 0 Å². The van der Waals surface area contributed by atoms with E-state index in [0.29, 0.717) is 0 Å². The molecule has 0 aliphatic heterocycles. The molecule has 1 unspecified atom stereocenters. The maximum Gasteiger partial charge on any atom is 0.137 e. The minimum Gasteiger partial charge on any atom is -0.196 e. The summed E-state index contributed by atoms with van der Waals surface area (Å²) in [7, 11) is 0. The molecule has 0 amide bonds. The fourth-order valence-electron chi connectivity index (χ4n) is 1.90. The first-order valence-corrected chi connectivity index (χ1v) is 5.24. The fraction of sp³-hybridized carbons (Fsp3) is 0.364. The van der Waals surface area contributed by atoms with E-state index < -0.39 is 4.32 Å². The molecule has 0 aromatic heterocycles. The predicted molar refractivity (Wildman–Crippen MR) is 55.6 cm³/mol. The molecular formula is C11H10BrN. The summed E-state index contributed by atoms with van der Waals surface area (Å²) in [6.07, 6.45) is 3.11. The van der Waals surface area contributed by atoms with Gasteiger partial charge in [0.15, 0.2) is 0 Å². The van der Waals surface area contributed by atoms with Gasteiger partial charge in [-0.2, -0.15) is 5.26 Å². The highest BCUT2D eigenvalue weighted by Gasteiger charge is 2.33. The Balaban J connectivity index is 2.56. The maximum atomic E-state index is 9.10. The van der Waals surface area contributed by atoms with Gasteiger partial charge in [-0.05, 0) is 30.4 Å². The van der Waals surface area contributed by atoms with Crippen LogP contribution in [0.3, 0.4) is 0 Å². The monoisotopic (exact) mass is 235 g/mol. The molecule has 0 spiro atoms. The number of fused-ring (bicyclic) bond motifs is 1. The van der Waals surface area contributed by atoms with E-state index >= 15 is 0 Å². The summed E-state index contributed by atoms with van der Waals surface area (Å²) in [4.78, 5) is 0. The molecule has 0 saturated carbocycles. The van der Waals surface area contributed by atoms with Crippen molar-refractivity contribution in [1.29, 1.82) is 5.26 Å². The third-order valence-electron chi connectivity index (χ3n) is 2.59. The summed E-state index contributed by atoms with van der Waals surface area (Å²) in [5, 5.41) is 9.10. The lowest BCUT2D eigenvalue weighted by Crippen LogP contribution is -2.22. The zero-order chi connectivity index (χ0) is 9.31. The van der Waals surface area contributed by atoms with Crippen molar-refractivity contribution in [3.63, 3.8) is 0 Å². The second-order valence-electron chi connectivity index (χ2n) is 3.42. The Bertz CT molecular complexity index is 367. The summed E-state index contributed by atoms with van der Waals surface area (Å²) >= 11 is 3.53. The van der Waals surface area contributed by atoms with Crippen LogP contribution in [0.15, 0.2) is 24.3 Å². The van der Waals surface area contributed by atoms with Crippen molar-refractivity contribution in [3.8, 4) is 6.07 Å². The standard InChI is InChI=1S/C11H10BrN/c12-11(8-13)7-3-5-9-4-1-2-6-10(9)11/h1-2,4,6H,3,5,7H2. The third kappa shape index (κ3) is 1.38. The van der Waals surface area contributed by atoms with Crippen LogP contribution in [0.4, 0.5) is 0 Å².